The Morgan fingerprint density at radius 3 is 1.77 bits per heavy atom. The van der Waals surface area contributed by atoms with Crippen LogP contribution in [-0.4, -0.2) is 24.1 Å². The molecule has 6 heteroatoms. The summed E-state index contributed by atoms with van der Waals surface area (Å²) in [5.74, 6) is 1.86. The molecular weight excluding hydrogens is 590 g/mol. The second-order valence-corrected chi connectivity index (χ2v) is 12.2. The van der Waals surface area contributed by atoms with Crippen LogP contribution in [0.5, 0.6) is 0 Å². The van der Waals surface area contributed by atoms with E-state index in [0.717, 1.165) is 55.0 Å². The van der Waals surface area contributed by atoms with E-state index in [4.69, 9.17) is 15.0 Å². The van der Waals surface area contributed by atoms with Crippen LogP contribution in [0.25, 0.3) is 88.6 Å². The van der Waals surface area contributed by atoms with E-state index in [1.54, 1.807) is 16.2 Å². The molecule has 0 radical (unpaired) electrons. The summed E-state index contributed by atoms with van der Waals surface area (Å²) in [5.41, 5.74) is 6.65. The van der Waals surface area contributed by atoms with Gasteiger partial charge in [-0.1, -0.05) is 121 Å². The molecule has 0 saturated carbocycles. The smallest absolute Gasteiger partial charge is 0.295 e. The highest BCUT2D eigenvalue weighted by Gasteiger charge is 2.18. The number of imidazole rings is 1. The van der Waals surface area contributed by atoms with Crippen LogP contribution in [0.15, 0.2) is 144 Å². The van der Waals surface area contributed by atoms with E-state index in [0.29, 0.717) is 17.5 Å². The number of fused-ring (bicyclic) bond motifs is 5. The first-order valence-corrected chi connectivity index (χ1v) is 15.9. The Morgan fingerprint density at radius 2 is 1.00 bits per heavy atom. The number of hydrogen-bond donors (Lipinski definition) is 0. The van der Waals surface area contributed by atoms with Crippen LogP contribution >= 0.6 is 0 Å². The predicted molar refractivity (Wildman–Crippen MR) is 196 cm³/mol. The Kier molecular flexibility index (Phi) is 6.30. The van der Waals surface area contributed by atoms with Gasteiger partial charge in [0.15, 0.2) is 17.5 Å². The van der Waals surface area contributed by atoms with Crippen LogP contribution < -0.4 is 5.69 Å². The zero-order chi connectivity index (χ0) is 32.4. The average Bonchev–Trinajstić information content (AvgIpc) is 3.37. The van der Waals surface area contributed by atoms with Crippen LogP contribution in [0, 0.1) is 0 Å². The Balaban J connectivity index is 1.24. The molecular formula is C42H29N5O. The van der Waals surface area contributed by atoms with Crippen molar-refractivity contribution in [3.63, 3.8) is 0 Å². The average molecular weight is 620 g/mol. The molecule has 0 fully saturated rings. The molecule has 0 spiro atoms. The highest BCUT2D eigenvalue weighted by molar-refractivity contribution is 6.19. The van der Waals surface area contributed by atoms with Gasteiger partial charge in [0.1, 0.15) is 0 Å². The number of aryl methyl sites for hydroxylation is 2. The van der Waals surface area contributed by atoms with Gasteiger partial charge in [-0.25, -0.2) is 19.7 Å². The third-order valence-electron chi connectivity index (χ3n) is 9.41. The largest absolute Gasteiger partial charge is 0.328 e. The lowest BCUT2D eigenvalue weighted by molar-refractivity contribution is 0.795. The number of benzene rings is 7. The van der Waals surface area contributed by atoms with E-state index in [1.165, 1.54) is 16.2 Å². The SMILES string of the molecule is Cn1c(=O)n(C)c2cc(-c3ccc(-c4nc(-c5ccccc5)nc(-c5c6ccccc6cc6c5ccc5ccccc56)n4)cc3)ccc21. The first kappa shape index (κ1) is 27.9. The van der Waals surface area contributed by atoms with Gasteiger partial charge in [-0.05, 0) is 61.6 Å². The standard InChI is InChI=1S/C42H29N5O/c1-46-36-23-21-30(25-37(36)47(2)42(46)48)26-16-18-29(19-17-26)40-43-39(28-11-4-3-5-12-28)44-41(45-40)38-33-15-9-7-13-31(33)24-35-32-14-8-6-10-27(32)20-22-34(35)38/h3-25H,1-2H3. The van der Waals surface area contributed by atoms with Crippen molar-refractivity contribution in [2.75, 3.05) is 0 Å². The van der Waals surface area contributed by atoms with Gasteiger partial charge in [-0.2, -0.15) is 0 Å². The van der Waals surface area contributed by atoms with E-state index in [-0.39, 0.29) is 5.69 Å². The van der Waals surface area contributed by atoms with Crippen molar-refractivity contribution >= 4 is 43.4 Å². The van der Waals surface area contributed by atoms with Gasteiger partial charge in [0.05, 0.1) is 11.0 Å². The first-order chi connectivity index (χ1) is 23.5. The maximum absolute atomic E-state index is 12.5. The Morgan fingerprint density at radius 1 is 0.417 bits per heavy atom. The molecule has 2 heterocycles. The number of nitrogens with zero attached hydrogens (tertiary/aromatic N) is 5. The van der Waals surface area contributed by atoms with Gasteiger partial charge < -0.3 is 0 Å². The van der Waals surface area contributed by atoms with Gasteiger partial charge in [0, 0.05) is 30.8 Å². The zero-order valence-electron chi connectivity index (χ0n) is 26.4. The summed E-state index contributed by atoms with van der Waals surface area (Å²) in [6, 6.07) is 48.1. The molecule has 0 aliphatic rings. The lowest BCUT2D eigenvalue weighted by Gasteiger charge is -2.14. The fourth-order valence-corrected chi connectivity index (χ4v) is 6.89. The van der Waals surface area contributed by atoms with Crippen molar-refractivity contribution in [2.45, 2.75) is 0 Å². The zero-order valence-corrected chi connectivity index (χ0v) is 26.4. The highest BCUT2D eigenvalue weighted by Crippen LogP contribution is 2.39. The number of rotatable bonds is 4. The van der Waals surface area contributed by atoms with Crippen LogP contribution in [0.2, 0.25) is 0 Å². The van der Waals surface area contributed by atoms with Crippen LogP contribution in [-0.2, 0) is 14.1 Å². The summed E-state index contributed by atoms with van der Waals surface area (Å²) >= 11 is 0. The molecule has 228 valence electrons. The maximum Gasteiger partial charge on any atom is 0.328 e. The molecule has 0 unspecified atom stereocenters. The van der Waals surface area contributed by atoms with Crippen molar-refractivity contribution < 1.29 is 0 Å². The quantitative estimate of drug-likeness (QED) is 0.146. The van der Waals surface area contributed by atoms with E-state index in [2.05, 4.69) is 103 Å². The van der Waals surface area contributed by atoms with Gasteiger partial charge >= 0.3 is 5.69 Å². The van der Waals surface area contributed by atoms with Crippen molar-refractivity contribution in [1.29, 1.82) is 0 Å². The number of hydrogen-bond acceptors (Lipinski definition) is 4. The molecule has 7 aromatic carbocycles. The minimum absolute atomic E-state index is 0.0375. The molecule has 48 heavy (non-hydrogen) atoms. The van der Waals surface area contributed by atoms with E-state index < -0.39 is 0 Å². The molecule has 0 aliphatic carbocycles. The molecule has 6 nitrogen and oxygen atoms in total. The van der Waals surface area contributed by atoms with E-state index in [9.17, 15) is 4.79 Å². The summed E-state index contributed by atoms with van der Waals surface area (Å²) in [5, 5.41) is 6.89. The minimum atomic E-state index is -0.0375. The van der Waals surface area contributed by atoms with E-state index in [1.807, 2.05) is 43.4 Å². The van der Waals surface area contributed by atoms with Crippen molar-refractivity contribution in [2.24, 2.45) is 14.1 Å². The summed E-state index contributed by atoms with van der Waals surface area (Å²) in [4.78, 5) is 27.8. The molecule has 0 saturated heterocycles. The molecule has 0 bridgehead atoms. The molecule has 0 N–H and O–H groups in total. The lowest BCUT2D eigenvalue weighted by atomic mass is 9.93. The Labute approximate surface area is 276 Å². The molecule has 9 rings (SSSR count). The lowest BCUT2D eigenvalue weighted by Crippen LogP contribution is -2.19. The maximum atomic E-state index is 12.5. The molecule has 9 aromatic rings. The van der Waals surface area contributed by atoms with Gasteiger partial charge in [0.25, 0.3) is 0 Å². The van der Waals surface area contributed by atoms with Crippen LogP contribution in [0.1, 0.15) is 0 Å². The highest BCUT2D eigenvalue weighted by atomic mass is 16.1. The first-order valence-electron chi connectivity index (χ1n) is 15.9. The van der Waals surface area contributed by atoms with Crippen molar-refractivity contribution in [3.8, 4) is 45.3 Å². The monoisotopic (exact) mass is 619 g/mol. The normalized spacial score (nSPS) is 11.6. The third kappa shape index (κ3) is 4.42. The van der Waals surface area contributed by atoms with Crippen LogP contribution in [0.4, 0.5) is 0 Å². The summed E-state index contributed by atoms with van der Waals surface area (Å²) in [6.07, 6.45) is 0. The fraction of sp³-hybridized carbons (Fsp3) is 0.0476. The third-order valence-corrected chi connectivity index (χ3v) is 9.41. The van der Waals surface area contributed by atoms with E-state index >= 15 is 0 Å². The van der Waals surface area contributed by atoms with Crippen LogP contribution in [0.3, 0.4) is 0 Å². The predicted octanol–water partition coefficient (Wildman–Crippen LogP) is 9.19. The fourth-order valence-electron chi connectivity index (χ4n) is 6.89. The summed E-state index contributed by atoms with van der Waals surface area (Å²) < 4.78 is 3.36. The number of aromatic nitrogens is 5. The minimum Gasteiger partial charge on any atom is -0.295 e. The van der Waals surface area contributed by atoms with Crippen molar-refractivity contribution in [1.82, 2.24) is 24.1 Å². The topological polar surface area (TPSA) is 65.6 Å². The second kappa shape index (κ2) is 10.9. The van der Waals surface area contributed by atoms with Gasteiger partial charge in [-0.15, -0.1) is 0 Å². The molecule has 0 atom stereocenters. The van der Waals surface area contributed by atoms with Gasteiger partial charge in [-0.3, -0.25) is 9.13 Å². The Bertz CT molecular complexity index is 2760. The summed E-state index contributed by atoms with van der Waals surface area (Å²) in [7, 11) is 3.61. The van der Waals surface area contributed by atoms with Gasteiger partial charge in [0.2, 0.25) is 0 Å². The second-order valence-electron chi connectivity index (χ2n) is 12.2. The Hall–Kier alpha value is -6.40. The summed E-state index contributed by atoms with van der Waals surface area (Å²) in [6.45, 7) is 0. The van der Waals surface area contributed by atoms with Crippen molar-refractivity contribution in [3.05, 3.63) is 150 Å². The molecule has 0 aliphatic heterocycles. The molecule has 2 aromatic heterocycles. The molecule has 0 amide bonds.